The van der Waals surface area contributed by atoms with Gasteiger partial charge in [-0.05, 0) is 37.8 Å². The predicted molar refractivity (Wildman–Crippen MR) is 81.1 cm³/mol. The highest BCUT2D eigenvalue weighted by molar-refractivity contribution is 5.78. The van der Waals surface area contributed by atoms with Crippen molar-refractivity contribution in [3.63, 3.8) is 0 Å². The lowest BCUT2D eigenvalue weighted by atomic mass is 9.93. The van der Waals surface area contributed by atoms with Gasteiger partial charge in [-0.15, -0.1) is 0 Å². The fraction of sp³-hybridized carbons (Fsp3) is 0.562. The molecule has 0 spiro atoms. The molecule has 1 heterocycles. The Hall–Kier alpha value is -1.39. The molecule has 0 aliphatic carbocycles. The van der Waals surface area contributed by atoms with E-state index in [0.29, 0.717) is 25.0 Å². The van der Waals surface area contributed by atoms with Crippen LogP contribution in [0.25, 0.3) is 0 Å². The van der Waals surface area contributed by atoms with Gasteiger partial charge in [0, 0.05) is 19.1 Å². The van der Waals surface area contributed by atoms with Crippen LogP contribution in [0.3, 0.4) is 0 Å². The highest BCUT2D eigenvalue weighted by Crippen LogP contribution is 2.20. The molecule has 4 nitrogen and oxygen atoms in total. The van der Waals surface area contributed by atoms with E-state index in [4.69, 9.17) is 5.73 Å². The number of nitrogens with zero attached hydrogens (tertiary/aromatic N) is 1. The van der Waals surface area contributed by atoms with Gasteiger partial charge in [0.25, 0.3) is 0 Å². The lowest BCUT2D eigenvalue weighted by Crippen LogP contribution is -2.48. The topological polar surface area (TPSA) is 58.4 Å². The first kappa shape index (κ1) is 15.0. The quantitative estimate of drug-likeness (QED) is 0.853. The summed E-state index contributed by atoms with van der Waals surface area (Å²) in [5.74, 6) is 0.631. The number of benzene rings is 1. The Bertz CT molecular complexity index is 421. The largest absolute Gasteiger partial charge is 0.351 e. The first-order chi connectivity index (χ1) is 9.69. The molecular formula is C16H25N3O. The highest BCUT2D eigenvalue weighted by Gasteiger charge is 2.25. The van der Waals surface area contributed by atoms with Crippen LogP contribution in [0.2, 0.25) is 0 Å². The molecule has 1 aliphatic heterocycles. The van der Waals surface area contributed by atoms with Gasteiger partial charge in [-0.2, -0.15) is 0 Å². The second-order valence-electron chi connectivity index (χ2n) is 5.72. The summed E-state index contributed by atoms with van der Waals surface area (Å²) < 4.78 is 0. The maximum absolute atomic E-state index is 12.0. The molecule has 4 heteroatoms. The van der Waals surface area contributed by atoms with Crippen LogP contribution in [0, 0.1) is 5.92 Å². The normalized spacial score (nSPS) is 23.5. The highest BCUT2D eigenvalue weighted by atomic mass is 16.2. The van der Waals surface area contributed by atoms with Crippen LogP contribution < -0.4 is 11.1 Å². The molecule has 2 unspecified atom stereocenters. The molecule has 0 aromatic heterocycles. The van der Waals surface area contributed by atoms with Gasteiger partial charge in [-0.25, -0.2) is 0 Å². The first-order valence-electron chi connectivity index (χ1n) is 7.43. The molecule has 1 aliphatic rings. The van der Waals surface area contributed by atoms with Crippen molar-refractivity contribution in [1.82, 2.24) is 10.2 Å². The van der Waals surface area contributed by atoms with Gasteiger partial charge in [0.15, 0.2) is 0 Å². The van der Waals surface area contributed by atoms with Gasteiger partial charge in [-0.1, -0.05) is 30.3 Å². The molecule has 1 aromatic rings. The van der Waals surface area contributed by atoms with Crippen LogP contribution >= 0.6 is 0 Å². The smallest absolute Gasteiger partial charge is 0.234 e. The summed E-state index contributed by atoms with van der Waals surface area (Å²) in [6.07, 6.45) is 2.31. The lowest BCUT2D eigenvalue weighted by molar-refractivity contribution is -0.123. The van der Waals surface area contributed by atoms with E-state index < -0.39 is 0 Å². The fourth-order valence-corrected chi connectivity index (χ4v) is 2.71. The van der Waals surface area contributed by atoms with Crippen molar-refractivity contribution in [3.05, 3.63) is 35.9 Å². The third-order valence-electron chi connectivity index (χ3n) is 4.12. The molecule has 2 rings (SSSR count). The Kier molecular flexibility index (Phi) is 5.56. The van der Waals surface area contributed by atoms with E-state index in [9.17, 15) is 4.79 Å². The number of hydrogen-bond acceptors (Lipinski definition) is 3. The van der Waals surface area contributed by atoms with Crippen LogP contribution in [0.1, 0.15) is 25.3 Å². The van der Waals surface area contributed by atoms with Crippen LogP contribution in [-0.2, 0) is 11.3 Å². The number of piperidine rings is 1. The summed E-state index contributed by atoms with van der Waals surface area (Å²) in [6.45, 7) is 4.93. The van der Waals surface area contributed by atoms with Gasteiger partial charge in [-0.3, -0.25) is 9.69 Å². The Morgan fingerprint density at radius 2 is 2.10 bits per heavy atom. The average Bonchev–Trinajstić information content (AvgIpc) is 2.48. The van der Waals surface area contributed by atoms with E-state index >= 15 is 0 Å². The van der Waals surface area contributed by atoms with Crippen LogP contribution in [0.15, 0.2) is 30.3 Å². The van der Waals surface area contributed by atoms with Crippen molar-refractivity contribution < 1.29 is 4.79 Å². The standard InChI is InChI=1S/C16H25N3O/c1-13-7-8-15(9-17)11-19(13)12-16(20)18-10-14-5-3-2-4-6-14/h2-6,13,15H,7-12,17H2,1H3,(H,18,20). The Morgan fingerprint density at radius 1 is 1.35 bits per heavy atom. The molecule has 1 aromatic carbocycles. The summed E-state index contributed by atoms with van der Waals surface area (Å²) in [5.41, 5.74) is 6.88. The minimum Gasteiger partial charge on any atom is -0.351 e. The summed E-state index contributed by atoms with van der Waals surface area (Å²) in [7, 11) is 0. The number of likely N-dealkylation sites (tertiary alicyclic amines) is 1. The van der Waals surface area contributed by atoms with Gasteiger partial charge in [0.2, 0.25) is 5.91 Å². The molecule has 1 saturated heterocycles. The lowest BCUT2D eigenvalue weighted by Gasteiger charge is -2.37. The number of carbonyl (C=O) groups excluding carboxylic acids is 1. The molecule has 3 N–H and O–H groups in total. The average molecular weight is 275 g/mol. The van der Waals surface area contributed by atoms with Gasteiger partial charge in [0.1, 0.15) is 0 Å². The molecule has 2 atom stereocenters. The monoisotopic (exact) mass is 275 g/mol. The number of hydrogen-bond donors (Lipinski definition) is 2. The molecular weight excluding hydrogens is 250 g/mol. The molecule has 0 radical (unpaired) electrons. The second-order valence-corrected chi connectivity index (χ2v) is 5.72. The van der Waals surface area contributed by atoms with Crippen molar-refractivity contribution in [2.75, 3.05) is 19.6 Å². The van der Waals surface area contributed by atoms with E-state index in [1.807, 2.05) is 30.3 Å². The van der Waals surface area contributed by atoms with E-state index in [2.05, 4.69) is 17.1 Å². The van der Waals surface area contributed by atoms with E-state index in [-0.39, 0.29) is 5.91 Å². The zero-order valence-corrected chi connectivity index (χ0v) is 12.2. The predicted octanol–water partition coefficient (Wildman–Crippen LogP) is 1.36. The second kappa shape index (κ2) is 7.41. The number of carbonyl (C=O) groups is 1. The van der Waals surface area contributed by atoms with E-state index in [1.54, 1.807) is 0 Å². The van der Waals surface area contributed by atoms with Gasteiger partial charge < -0.3 is 11.1 Å². The van der Waals surface area contributed by atoms with Gasteiger partial charge >= 0.3 is 0 Å². The SMILES string of the molecule is CC1CCC(CN)CN1CC(=O)NCc1ccccc1. The number of amides is 1. The van der Waals surface area contributed by atoms with Crippen molar-refractivity contribution >= 4 is 5.91 Å². The van der Waals surface area contributed by atoms with Crippen LogP contribution in [-0.4, -0.2) is 36.5 Å². The molecule has 0 saturated carbocycles. The minimum absolute atomic E-state index is 0.0957. The zero-order chi connectivity index (χ0) is 14.4. The zero-order valence-electron chi connectivity index (χ0n) is 12.2. The third-order valence-corrected chi connectivity index (χ3v) is 4.12. The fourth-order valence-electron chi connectivity index (χ4n) is 2.71. The summed E-state index contributed by atoms with van der Waals surface area (Å²) in [4.78, 5) is 14.3. The van der Waals surface area contributed by atoms with Crippen molar-refractivity contribution in [3.8, 4) is 0 Å². The third kappa shape index (κ3) is 4.32. The van der Waals surface area contributed by atoms with Gasteiger partial charge in [0.05, 0.1) is 6.54 Å². The van der Waals surface area contributed by atoms with Crippen LogP contribution in [0.4, 0.5) is 0 Å². The Labute approximate surface area is 121 Å². The maximum Gasteiger partial charge on any atom is 0.234 e. The Morgan fingerprint density at radius 3 is 2.80 bits per heavy atom. The van der Waals surface area contributed by atoms with Crippen molar-refractivity contribution in [2.24, 2.45) is 11.7 Å². The summed E-state index contributed by atoms with van der Waals surface area (Å²) in [6, 6.07) is 10.5. The number of nitrogens with one attached hydrogen (secondary N) is 1. The first-order valence-corrected chi connectivity index (χ1v) is 7.43. The molecule has 1 amide bonds. The molecule has 20 heavy (non-hydrogen) atoms. The summed E-state index contributed by atoms with van der Waals surface area (Å²) in [5, 5.41) is 2.99. The van der Waals surface area contributed by atoms with E-state index in [0.717, 1.165) is 25.1 Å². The molecule has 110 valence electrons. The maximum atomic E-state index is 12.0. The summed E-state index contributed by atoms with van der Waals surface area (Å²) >= 11 is 0. The van der Waals surface area contributed by atoms with E-state index in [1.165, 1.54) is 6.42 Å². The van der Waals surface area contributed by atoms with Crippen molar-refractivity contribution in [2.45, 2.75) is 32.4 Å². The molecule has 0 bridgehead atoms. The number of nitrogens with two attached hydrogens (primary N) is 1. The van der Waals surface area contributed by atoms with Crippen molar-refractivity contribution in [1.29, 1.82) is 0 Å². The van der Waals surface area contributed by atoms with Crippen LogP contribution in [0.5, 0.6) is 0 Å². The molecule has 1 fully saturated rings. The minimum atomic E-state index is 0.0957. The Balaban J connectivity index is 1.78. The number of rotatable bonds is 5.